The molecule has 0 saturated carbocycles. The lowest BCUT2D eigenvalue weighted by Crippen LogP contribution is -2.19. The van der Waals surface area contributed by atoms with Crippen LogP contribution < -0.4 is 15.4 Å². The summed E-state index contributed by atoms with van der Waals surface area (Å²) in [6.45, 7) is 5.02. The minimum Gasteiger partial charge on any atom is -0.495 e. The largest absolute Gasteiger partial charge is 0.495 e. The SMILES string of the molecule is CCCNC(C)c1nnc(Nc2ccc(Br)c(OC)c2)o1. The van der Waals surface area contributed by atoms with Crippen LogP contribution in [0.5, 0.6) is 5.75 Å². The van der Waals surface area contributed by atoms with Crippen molar-refractivity contribution < 1.29 is 9.15 Å². The van der Waals surface area contributed by atoms with Crippen LogP contribution in [0.3, 0.4) is 0 Å². The molecule has 21 heavy (non-hydrogen) atoms. The maximum absolute atomic E-state index is 5.60. The maximum atomic E-state index is 5.60. The number of hydrogen-bond donors (Lipinski definition) is 2. The van der Waals surface area contributed by atoms with Gasteiger partial charge in [-0.3, -0.25) is 0 Å². The van der Waals surface area contributed by atoms with Gasteiger partial charge >= 0.3 is 6.01 Å². The molecular weight excluding hydrogens is 336 g/mol. The van der Waals surface area contributed by atoms with Gasteiger partial charge in [0.05, 0.1) is 17.6 Å². The zero-order valence-electron chi connectivity index (χ0n) is 12.3. The highest BCUT2D eigenvalue weighted by molar-refractivity contribution is 9.10. The van der Waals surface area contributed by atoms with E-state index in [2.05, 4.69) is 43.7 Å². The molecule has 1 aromatic carbocycles. The molecule has 7 heteroatoms. The number of nitrogens with one attached hydrogen (secondary N) is 2. The van der Waals surface area contributed by atoms with Crippen molar-refractivity contribution in [3.63, 3.8) is 0 Å². The predicted octanol–water partition coefficient (Wildman–Crippen LogP) is 3.64. The van der Waals surface area contributed by atoms with E-state index < -0.39 is 0 Å². The average Bonchev–Trinajstić information content (AvgIpc) is 2.95. The Morgan fingerprint density at radius 3 is 2.90 bits per heavy atom. The molecule has 1 unspecified atom stereocenters. The summed E-state index contributed by atoms with van der Waals surface area (Å²) < 4.78 is 11.7. The second-order valence-electron chi connectivity index (χ2n) is 4.60. The van der Waals surface area contributed by atoms with Crippen LogP contribution in [0.15, 0.2) is 27.1 Å². The van der Waals surface area contributed by atoms with Gasteiger partial charge in [-0.05, 0) is 48.0 Å². The summed E-state index contributed by atoms with van der Waals surface area (Å²) in [6, 6.07) is 6.04. The third kappa shape index (κ3) is 4.18. The van der Waals surface area contributed by atoms with Crippen LogP contribution in [0.25, 0.3) is 0 Å². The summed E-state index contributed by atoms with van der Waals surface area (Å²) in [6.07, 6.45) is 1.06. The zero-order chi connectivity index (χ0) is 15.2. The van der Waals surface area contributed by atoms with Crippen molar-refractivity contribution in [2.24, 2.45) is 0 Å². The maximum Gasteiger partial charge on any atom is 0.320 e. The molecule has 0 radical (unpaired) electrons. The Morgan fingerprint density at radius 1 is 1.38 bits per heavy atom. The van der Waals surface area contributed by atoms with E-state index in [0.717, 1.165) is 28.9 Å². The molecule has 0 aliphatic heterocycles. The van der Waals surface area contributed by atoms with Gasteiger partial charge in [-0.15, -0.1) is 5.10 Å². The highest BCUT2D eigenvalue weighted by atomic mass is 79.9. The first-order valence-electron chi connectivity index (χ1n) is 6.81. The smallest absolute Gasteiger partial charge is 0.320 e. The molecule has 0 aliphatic carbocycles. The average molecular weight is 355 g/mol. The van der Waals surface area contributed by atoms with Crippen molar-refractivity contribution >= 4 is 27.6 Å². The fourth-order valence-corrected chi connectivity index (χ4v) is 2.18. The van der Waals surface area contributed by atoms with Crippen LogP contribution >= 0.6 is 15.9 Å². The molecule has 1 atom stereocenters. The first kappa shape index (κ1) is 15.8. The van der Waals surface area contributed by atoms with Gasteiger partial charge in [-0.1, -0.05) is 12.0 Å². The van der Waals surface area contributed by atoms with Gasteiger partial charge in [0.1, 0.15) is 5.75 Å². The molecule has 0 aliphatic rings. The van der Waals surface area contributed by atoms with Crippen LogP contribution in [-0.4, -0.2) is 23.9 Å². The van der Waals surface area contributed by atoms with Crippen molar-refractivity contribution in [1.82, 2.24) is 15.5 Å². The van der Waals surface area contributed by atoms with Crippen LogP contribution in [-0.2, 0) is 0 Å². The second kappa shape index (κ2) is 7.42. The monoisotopic (exact) mass is 354 g/mol. The Kier molecular flexibility index (Phi) is 5.58. The van der Waals surface area contributed by atoms with Crippen LogP contribution in [0.2, 0.25) is 0 Å². The number of methoxy groups -OCH3 is 1. The lowest BCUT2D eigenvalue weighted by molar-refractivity contribution is 0.412. The van der Waals surface area contributed by atoms with Gasteiger partial charge in [0.2, 0.25) is 5.89 Å². The number of halogens is 1. The third-order valence-electron chi connectivity index (χ3n) is 2.91. The zero-order valence-corrected chi connectivity index (χ0v) is 13.9. The van der Waals surface area contributed by atoms with Crippen molar-refractivity contribution in [2.45, 2.75) is 26.3 Å². The van der Waals surface area contributed by atoms with E-state index in [1.54, 1.807) is 7.11 Å². The van der Waals surface area contributed by atoms with E-state index in [1.165, 1.54) is 0 Å². The van der Waals surface area contributed by atoms with Gasteiger partial charge in [0.15, 0.2) is 0 Å². The molecule has 2 N–H and O–H groups in total. The van der Waals surface area contributed by atoms with Gasteiger partial charge in [-0.25, -0.2) is 0 Å². The van der Waals surface area contributed by atoms with Crippen molar-refractivity contribution in [2.75, 3.05) is 19.0 Å². The van der Waals surface area contributed by atoms with Crippen molar-refractivity contribution in [1.29, 1.82) is 0 Å². The van der Waals surface area contributed by atoms with Crippen LogP contribution in [0.1, 0.15) is 32.2 Å². The molecule has 1 heterocycles. The minimum atomic E-state index is 0.0347. The van der Waals surface area contributed by atoms with E-state index in [0.29, 0.717) is 11.9 Å². The van der Waals surface area contributed by atoms with Crippen molar-refractivity contribution in [3.8, 4) is 5.75 Å². The molecule has 2 aromatic rings. The Labute approximate surface area is 132 Å². The number of aromatic nitrogens is 2. The van der Waals surface area contributed by atoms with Crippen LogP contribution in [0.4, 0.5) is 11.7 Å². The van der Waals surface area contributed by atoms with E-state index in [9.17, 15) is 0 Å². The highest BCUT2D eigenvalue weighted by Crippen LogP contribution is 2.29. The number of hydrogen-bond acceptors (Lipinski definition) is 6. The Hall–Kier alpha value is -1.60. The lowest BCUT2D eigenvalue weighted by Gasteiger charge is -2.08. The summed E-state index contributed by atoms with van der Waals surface area (Å²) in [5.74, 6) is 1.30. The van der Waals surface area contributed by atoms with Gasteiger partial charge in [0.25, 0.3) is 0 Å². The first-order chi connectivity index (χ1) is 10.1. The lowest BCUT2D eigenvalue weighted by atomic mass is 10.3. The molecule has 0 bridgehead atoms. The van der Waals surface area contributed by atoms with E-state index >= 15 is 0 Å². The van der Waals surface area contributed by atoms with Crippen molar-refractivity contribution in [3.05, 3.63) is 28.6 Å². The normalized spacial score (nSPS) is 12.2. The molecule has 0 saturated heterocycles. The standard InChI is InChI=1S/C14H19BrN4O2/c1-4-7-16-9(2)13-18-19-14(21-13)17-10-5-6-11(15)12(8-10)20-3/h5-6,8-9,16H,4,7H2,1-3H3,(H,17,19). The fraction of sp³-hybridized carbons (Fsp3) is 0.429. The number of nitrogens with zero attached hydrogens (tertiary/aromatic N) is 2. The molecule has 1 aromatic heterocycles. The van der Waals surface area contributed by atoms with E-state index in [1.807, 2.05) is 25.1 Å². The van der Waals surface area contributed by atoms with E-state index in [4.69, 9.17) is 9.15 Å². The third-order valence-corrected chi connectivity index (χ3v) is 3.57. The minimum absolute atomic E-state index is 0.0347. The topological polar surface area (TPSA) is 72.2 Å². The number of ether oxygens (including phenoxy) is 1. The summed E-state index contributed by atoms with van der Waals surface area (Å²) in [5.41, 5.74) is 0.819. The molecular formula is C14H19BrN4O2. The van der Waals surface area contributed by atoms with Gasteiger partial charge < -0.3 is 19.8 Å². The molecule has 2 rings (SSSR count). The summed E-state index contributed by atoms with van der Waals surface area (Å²) >= 11 is 3.41. The Balaban J connectivity index is 2.05. The number of rotatable bonds is 7. The molecule has 6 nitrogen and oxygen atoms in total. The van der Waals surface area contributed by atoms with Gasteiger partial charge in [-0.2, -0.15) is 0 Å². The summed E-state index contributed by atoms with van der Waals surface area (Å²) in [5, 5.41) is 14.4. The predicted molar refractivity (Wildman–Crippen MR) is 85.0 cm³/mol. The van der Waals surface area contributed by atoms with Gasteiger partial charge in [0, 0.05) is 11.8 Å². The second-order valence-corrected chi connectivity index (χ2v) is 5.45. The highest BCUT2D eigenvalue weighted by Gasteiger charge is 2.13. The summed E-state index contributed by atoms with van der Waals surface area (Å²) in [4.78, 5) is 0. The first-order valence-corrected chi connectivity index (χ1v) is 7.60. The number of benzene rings is 1. The fourth-order valence-electron chi connectivity index (χ4n) is 1.77. The van der Waals surface area contributed by atoms with Crippen LogP contribution in [0, 0.1) is 0 Å². The summed E-state index contributed by atoms with van der Waals surface area (Å²) in [7, 11) is 1.62. The Morgan fingerprint density at radius 2 is 2.19 bits per heavy atom. The quantitative estimate of drug-likeness (QED) is 0.790. The molecule has 0 amide bonds. The number of anilines is 2. The molecule has 0 fully saturated rings. The molecule has 114 valence electrons. The Bertz CT molecular complexity index is 588. The van der Waals surface area contributed by atoms with E-state index in [-0.39, 0.29) is 6.04 Å². The molecule has 0 spiro atoms.